The van der Waals surface area contributed by atoms with Crippen molar-refractivity contribution in [3.63, 3.8) is 0 Å². The van der Waals surface area contributed by atoms with E-state index < -0.39 is 0 Å². The van der Waals surface area contributed by atoms with Gasteiger partial charge in [0, 0.05) is 36.5 Å². The minimum atomic E-state index is -0.261. The normalized spacial score (nSPS) is 15.9. The van der Waals surface area contributed by atoms with Gasteiger partial charge in [0.1, 0.15) is 22.6 Å². The minimum absolute atomic E-state index is 0.0737. The first kappa shape index (κ1) is 23.7. The summed E-state index contributed by atoms with van der Waals surface area (Å²) in [7, 11) is 1.55. The first-order chi connectivity index (χ1) is 17.5. The van der Waals surface area contributed by atoms with Gasteiger partial charge in [-0.1, -0.05) is 18.2 Å². The Morgan fingerprint density at radius 2 is 2.06 bits per heavy atom. The molecule has 0 bridgehead atoms. The van der Waals surface area contributed by atoms with Crippen molar-refractivity contribution in [2.45, 2.75) is 38.9 Å². The van der Waals surface area contributed by atoms with Gasteiger partial charge in [0.25, 0.3) is 5.56 Å². The summed E-state index contributed by atoms with van der Waals surface area (Å²) >= 11 is 0. The number of pyridine rings is 1. The molecule has 1 aromatic carbocycles. The number of benzene rings is 1. The smallest absolute Gasteiger partial charge is 0.278 e. The van der Waals surface area contributed by atoms with Gasteiger partial charge in [-0.25, -0.2) is 4.98 Å². The van der Waals surface area contributed by atoms with E-state index in [4.69, 9.17) is 10.5 Å². The number of hydrogen-bond acceptors (Lipinski definition) is 7. The molecule has 1 aliphatic rings. The summed E-state index contributed by atoms with van der Waals surface area (Å²) in [5.74, 6) is 1.33. The lowest BCUT2D eigenvalue weighted by atomic mass is 10.1. The Kier molecular flexibility index (Phi) is 6.56. The lowest BCUT2D eigenvalue weighted by Gasteiger charge is -2.33. The number of aromatic nitrogens is 4. The molecular weight excluding hydrogens is 456 g/mol. The Labute approximate surface area is 209 Å². The molecule has 0 unspecified atom stereocenters. The third kappa shape index (κ3) is 4.49. The molecule has 4 aromatic rings. The van der Waals surface area contributed by atoms with Gasteiger partial charge in [-0.05, 0) is 44.0 Å². The van der Waals surface area contributed by atoms with E-state index in [1.807, 2.05) is 29.7 Å². The summed E-state index contributed by atoms with van der Waals surface area (Å²) in [6, 6.07) is 12.7. The number of hydrogen-bond donors (Lipinski definition) is 1. The van der Waals surface area contributed by atoms with E-state index in [1.54, 1.807) is 37.6 Å². The van der Waals surface area contributed by atoms with E-state index in [1.165, 1.54) is 10.9 Å². The van der Waals surface area contributed by atoms with Gasteiger partial charge in [0.05, 0.1) is 32.2 Å². The molecule has 36 heavy (non-hydrogen) atoms. The predicted octanol–water partition coefficient (Wildman–Crippen LogP) is 2.77. The third-order valence-corrected chi connectivity index (χ3v) is 6.74. The summed E-state index contributed by atoms with van der Waals surface area (Å²) < 4.78 is 8.61. The first-order valence-corrected chi connectivity index (χ1v) is 12.1. The van der Waals surface area contributed by atoms with Gasteiger partial charge in [-0.15, -0.1) is 0 Å². The topological polar surface area (TPSA) is 108 Å². The second-order valence-corrected chi connectivity index (χ2v) is 9.23. The molecule has 5 rings (SSSR count). The zero-order valence-corrected chi connectivity index (χ0v) is 20.6. The third-order valence-electron chi connectivity index (χ3n) is 6.74. The van der Waals surface area contributed by atoms with Crippen LogP contribution in [0.3, 0.4) is 0 Å². The zero-order valence-electron chi connectivity index (χ0n) is 20.6. The lowest BCUT2D eigenvalue weighted by molar-refractivity contribution is 0.0970. The Bertz CT molecular complexity index is 1460. The van der Waals surface area contributed by atoms with Gasteiger partial charge in [0.15, 0.2) is 5.78 Å². The van der Waals surface area contributed by atoms with E-state index in [-0.39, 0.29) is 23.9 Å². The molecule has 1 aliphatic heterocycles. The molecule has 0 radical (unpaired) electrons. The van der Waals surface area contributed by atoms with Crippen molar-refractivity contribution < 1.29 is 9.53 Å². The van der Waals surface area contributed by atoms with Crippen LogP contribution in [0.5, 0.6) is 5.75 Å². The molecule has 186 valence electrons. The van der Waals surface area contributed by atoms with Gasteiger partial charge in [-0.2, -0.15) is 0 Å². The van der Waals surface area contributed by atoms with Crippen molar-refractivity contribution in [2.75, 3.05) is 25.1 Å². The molecule has 0 spiro atoms. The Morgan fingerprint density at radius 1 is 1.19 bits per heavy atom. The van der Waals surface area contributed by atoms with Crippen molar-refractivity contribution in [1.29, 1.82) is 0 Å². The van der Waals surface area contributed by atoms with Crippen LogP contribution in [-0.4, -0.2) is 51.1 Å². The quantitative estimate of drug-likeness (QED) is 0.400. The molecule has 1 saturated heterocycles. The number of methoxy groups -OCH3 is 1. The average Bonchev–Trinajstić information content (AvgIpc) is 3.17. The van der Waals surface area contributed by atoms with Crippen molar-refractivity contribution in [2.24, 2.45) is 5.73 Å². The largest absolute Gasteiger partial charge is 0.497 e. The highest BCUT2D eigenvalue weighted by Crippen LogP contribution is 2.32. The molecule has 9 heteroatoms. The van der Waals surface area contributed by atoms with Crippen LogP contribution < -0.4 is 20.9 Å². The van der Waals surface area contributed by atoms with Crippen LogP contribution in [0.15, 0.2) is 59.8 Å². The number of piperidine rings is 1. The van der Waals surface area contributed by atoms with Crippen LogP contribution in [0, 0.1) is 6.92 Å². The molecule has 0 saturated carbocycles. The molecule has 9 nitrogen and oxygen atoms in total. The maximum Gasteiger partial charge on any atom is 0.278 e. The summed E-state index contributed by atoms with van der Waals surface area (Å²) in [6.45, 7) is 3.85. The van der Waals surface area contributed by atoms with Crippen LogP contribution in [0.2, 0.25) is 0 Å². The van der Waals surface area contributed by atoms with E-state index in [0.717, 1.165) is 36.5 Å². The lowest BCUT2D eigenvalue weighted by Crippen LogP contribution is -2.44. The summed E-state index contributed by atoms with van der Waals surface area (Å²) in [5, 5.41) is 0. The number of anilines is 1. The van der Waals surface area contributed by atoms with Crippen LogP contribution in [0.25, 0.3) is 11.0 Å². The Hall–Kier alpha value is -3.98. The molecule has 3 aromatic heterocycles. The number of rotatable bonds is 7. The standard InChI is InChI=1S/C27H30N6O3/c1-18-24-25(27(35)32(17-30-24)16-23(34)19-7-5-10-22(13-19)36-2)33(15-21-9-3-4-11-29-21)26(18)31-12-6-8-20(28)14-31/h3-5,7,9-11,13,17,20H,6,8,12,14-16,28H2,1-2H3/t20-/m0/s1. The fourth-order valence-corrected chi connectivity index (χ4v) is 4.98. The van der Waals surface area contributed by atoms with Gasteiger partial charge >= 0.3 is 0 Å². The summed E-state index contributed by atoms with van der Waals surface area (Å²) in [5.41, 5.74) is 9.38. The SMILES string of the molecule is COc1cccc(C(=O)Cn2cnc3c(C)c(N4CCC[C@H](N)C4)n(Cc4ccccn4)c3c2=O)c1. The molecular formula is C27H30N6O3. The number of nitrogens with zero attached hydrogens (tertiary/aromatic N) is 5. The Balaban J connectivity index is 1.61. The predicted molar refractivity (Wildman–Crippen MR) is 139 cm³/mol. The second-order valence-electron chi connectivity index (χ2n) is 9.23. The van der Waals surface area contributed by atoms with Crippen molar-refractivity contribution in [1.82, 2.24) is 19.1 Å². The van der Waals surface area contributed by atoms with E-state index in [0.29, 0.717) is 35.4 Å². The first-order valence-electron chi connectivity index (χ1n) is 12.1. The van der Waals surface area contributed by atoms with Gasteiger partial charge in [0.2, 0.25) is 0 Å². The number of ketones is 1. The van der Waals surface area contributed by atoms with Crippen LogP contribution >= 0.6 is 0 Å². The average molecular weight is 487 g/mol. The summed E-state index contributed by atoms with van der Waals surface area (Å²) in [4.78, 5) is 38.2. The Morgan fingerprint density at radius 3 is 2.81 bits per heavy atom. The maximum absolute atomic E-state index is 13.8. The molecule has 1 atom stereocenters. The molecule has 0 aliphatic carbocycles. The highest BCUT2D eigenvalue weighted by Gasteiger charge is 2.27. The van der Waals surface area contributed by atoms with Crippen LogP contribution in [0.4, 0.5) is 5.82 Å². The number of fused-ring (bicyclic) bond motifs is 1. The van der Waals surface area contributed by atoms with Crippen LogP contribution in [-0.2, 0) is 13.1 Å². The highest BCUT2D eigenvalue weighted by atomic mass is 16.5. The number of Topliss-reactive ketones (excluding diaryl/α,β-unsaturated/α-hetero) is 1. The maximum atomic E-state index is 13.8. The monoisotopic (exact) mass is 486 g/mol. The minimum Gasteiger partial charge on any atom is -0.497 e. The summed E-state index contributed by atoms with van der Waals surface area (Å²) in [6.07, 6.45) is 5.17. The van der Waals surface area contributed by atoms with Crippen molar-refractivity contribution >= 4 is 22.6 Å². The molecule has 1 fully saturated rings. The van der Waals surface area contributed by atoms with E-state index in [9.17, 15) is 9.59 Å². The zero-order chi connectivity index (χ0) is 25.2. The van der Waals surface area contributed by atoms with E-state index >= 15 is 0 Å². The fourth-order valence-electron chi connectivity index (χ4n) is 4.98. The van der Waals surface area contributed by atoms with Gasteiger partial charge in [-0.3, -0.25) is 19.1 Å². The van der Waals surface area contributed by atoms with E-state index in [2.05, 4.69) is 14.9 Å². The number of nitrogens with two attached hydrogens (primary N) is 1. The van der Waals surface area contributed by atoms with Crippen molar-refractivity contribution in [3.8, 4) is 5.75 Å². The fraction of sp³-hybridized carbons (Fsp3) is 0.333. The number of carbonyl (C=O) groups is 1. The van der Waals surface area contributed by atoms with Crippen LogP contribution in [0.1, 0.15) is 34.5 Å². The molecule has 0 amide bonds. The highest BCUT2D eigenvalue weighted by molar-refractivity contribution is 5.96. The number of aryl methyl sites for hydroxylation is 1. The van der Waals surface area contributed by atoms with Gasteiger partial charge < -0.3 is 19.9 Å². The van der Waals surface area contributed by atoms with Crippen molar-refractivity contribution in [3.05, 3.63) is 82.2 Å². The second kappa shape index (κ2) is 9.94. The number of carbonyl (C=O) groups excluding carboxylic acids is 1. The molecule has 4 heterocycles. The number of ether oxygens (including phenoxy) is 1. The molecule has 2 N–H and O–H groups in total.